The van der Waals surface area contributed by atoms with Crippen LogP contribution in [0.15, 0.2) is 24.3 Å². The summed E-state index contributed by atoms with van der Waals surface area (Å²) in [6, 6.07) is 7.24. The molecule has 1 N–H and O–H groups in total. The molecule has 0 saturated heterocycles. The molecule has 3 nitrogen and oxygen atoms in total. The molecule has 0 bridgehead atoms. The van der Waals surface area contributed by atoms with Crippen molar-refractivity contribution in [1.29, 1.82) is 0 Å². The van der Waals surface area contributed by atoms with E-state index >= 15 is 0 Å². The van der Waals surface area contributed by atoms with E-state index < -0.39 is 5.97 Å². The molecule has 5 heteroatoms. The van der Waals surface area contributed by atoms with Crippen molar-refractivity contribution < 1.29 is 14.6 Å². The van der Waals surface area contributed by atoms with Crippen LogP contribution in [0.3, 0.4) is 0 Å². The van der Waals surface area contributed by atoms with Gasteiger partial charge in [-0.25, -0.2) is 0 Å². The van der Waals surface area contributed by atoms with Crippen LogP contribution in [0.25, 0.3) is 0 Å². The van der Waals surface area contributed by atoms with Gasteiger partial charge in [0.2, 0.25) is 0 Å². The van der Waals surface area contributed by atoms with Crippen LogP contribution in [0.4, 0.5) is 0 Å². The van der Waals surface area contributed by atoms with E-state index in [1.165, 1.54) is 0 Å². The molecular weight excluding hydrogens is 315 g/mol. The molecule has 0 amide bonds. The Morgan fingerprint density at radius 2 is 2.28 bits per heavy atom. The minimum absolute atomic E-state index is 0.0106. The fourth-order valence-corrected chi connectivity index (χ4v) is 2.73. The van der Waals surface area contributed by atoms with Gasteiger partial charge in [-0.15, -0.1) is 0 Å². The molecule has 0 aliphatic carbocycles. The van der Waals surface area contributed by atoms with Crippen LogP contribution in [-0.2, 0) is 4.79 Å². The Labute approximate surface area is 121 Å². The average Bonchev–Trinajstić information content (AvgIpc) is 2.27. The monoisotopic (exact) mass is 332 g/mol. The summed E-state index contributed by atoms with van der Waals surface area (Å²) in [4.78, 5) is 10.7. The van der Waals surface area contributed by atoms with Crippen molar-refractivity contribution in [3.8, 4) is 5.75 Å². The number of hydrogen-bond acceptors (Lipinski definition) is 2. The van der Waals surface area contributed by atoms with E-state index in [0.29, 0.717) is 5.02 Å². The van der Waals surface area contributed by atoms with Gasteiger partial charge in [-0.3, -0.25) is 0 Å². The number of ether oxygens (including phenoxy) is 1. The van der Waals surface area contributed by atoms with Gasteiger partial charge in [-0.05, 0) is 0 Å². The summed E-state index contributed by atoms with van der Waals surface area (Å²) in [5, 5.41) is 10.3. The van der Waals surface area contributed by atoms with Crippen LogP contribution < -0.4 is 4.74 Å². The van der Waals surface area contributed by atoms with Gasteiger partial charge >= 0.3 is 121 Å². The van der Waals surface area contributed by atoms with E-state index in [0.717, 1.165) is 17.4 Å². The maximum atomic E-state index is 10.7. The molecule has 0 heterocycles. The summed E-state index contributed by atoms with van der Waals surface area (Å²) in [7, 11) is 0. The van der Waals surface area contributed by atoms with E-state index in [2.05, 4.69) is 0 Å². The first-order valence-corrected chi connectivity index (χ1v) is 7.94. The normalized spacial score (nSPS) is 13.9. The molecule has 1 aromatic carbocycles. The van der Waals surface area contributed by atoms with E-state index in [1.807, 2.05) is 19.1 Å². The molecule has 0 fully saturated rings. The van der Waals surface area contributed by atoms with Crippen molar-refractivity contribution in [2.45, 2.75) is 31.1 Å². The van der Waals surface area contributed by atoms with E-state index in [-0.39, 0.29) is 18.4 Å². The van der Waals surface area contributed by atoms with Crippen molar-refractivity contribution in [2.75, 3.05) is 0 Å². The van der Waals surface area contributed by atoms with Gasteiger partial charge in [0.05, 0.1) is 0 Å². The van der Waals surface area contributed by atoms with E-state index in [4.69, 9.17) is 21.4 Å². The van der Waals surface area contributed by atoms with Crippen molar-refractivity contribution in [2.24, 2.45) is 5.92 Å². The summed E-state index contributed by atoms with van der Waals surface area (Å²) in [5.41, 5.74) is 0. The quantitative estimate of drug-likeness (QED) is 0.781. The van der Waals surface area contributed by atoms with Gasteiger partial charge in [-0.2, -0.15) is 0 Å². The fraction of sp³-hybridized carbons (Fsp3) is 0.462. The Balaban J connectivity index is 2.49. The minimum atomic E-state index is -0.743. The molecule has 0 saturated carbocycles. The molecule has 18 heavy (non-hydrogen) atoms. The van der Waals surface area contributed by atoms with Gasteiger partial charge in [0.25, 0.3) is 0 Å². The molecule has 1 aromatic rings. The number of carboxylic acid groups (broad SMARTS) is 1. The van der Waals surface area contributed by atoms with Gasteiger partial charge < -0.3 is 0 Å². The summed E-state index contributed by atoms with van der Waals surface area (Å²) >= 11 is 7.43. The first kappa shape index (κ1) is 15.4. The molecule has 0 aromatic heterocycles. The van der Waals surface area contributed by atoms with Crippen LogP contribution in [0.5, 0.6) is 5.75 Å². The Kier molecular flexibility index (Phi) is 6.59. The first-order chi connectivity index (χ1) is 8.51. The predicted molar refractivity (Wildman–Crippen MR) is 75.3 cm³/mol. The number of carboxylic acids is 1. The van der Waals surface area contributed by atoms with Gasteiger partial charge in [-0.1, -0.05) is 0 Å². The molecule has 0 aliphatic heterocycles. The molecule has 0 radical (unpaired) electrons. The van der Waals surface area contributed by atoms with Crippen LogP contribution in [0, 0.1) is 5.92 Å². The van der Waals surface area contributed by atoms with Crippen LogP contribution >= 0.6 is 11.6 Å². The van der Waals surface area contributed by atoms with Crippen molar-refractivity contribution in [3.05, 3.63) is 29.3 Å². The van der Waals surface area contributed by atoms with Crippen molar-refractivity contribution >= 4 is 34.4 Å². The fourth-order valence-electron chi connectivity index (χ4n) is 1.80. The number of halogens is 1. The molecule has 1 rings (SSSR count). The zero-order valence-corrected chi connectivity index (χ0v) is 13.5. The Morgan fingerprint density at radius 3 is 2.83 bits per heavy atom. The Hall–Kier alpha value is -0.662. The molecule has 1 unspecified atom stereocenters. The predicted octanol–water partition coefficient (Wildman–Crippen LogP) is 2.64. The number of benzene rings is 1. The van der Waals surface area contributed by atoms with Crippen molar-refractivity contribution in [3.63, 3.8) is 0 Å². The maximum absolute atomic E-state index is 10.7. The van der Waals surface area contributed by atoms with Gasteiger partial charge in [0.15, 0.2) is 0 Å². The second-order valence-electron chi connectivity index (χ2n) is 4.32. The number of carbonyl (C=O) groups is 1. The summed E-state index contributed by atoms with van der Waals surface area (Å²) in [5.74, 6) is 0.162. The molecule has 0 aliphatic rings. The summed E-state index contributed by atoms with van der Waals surface area (Å²) in [6.45, 7) is 1.96. The molecule has 100 valence electrons. The third kappa shape index (κ3) is 5.79. The second kappa shape index (κ2) is 7.70. The Bertz CT molecular complexity index is 398. The SMILES string of the molecule is C[C@@H](C[C@H](C[AsH2])CC(=O)O)Oc1cccc(Cl)c1. The Morgan fingerprint density at radius 1 is 1.56 bits per heavy atom. The topological polar surface area (TPSA) is 46.5 Å². The standard InChI is InChI=1S/C13H18AsClO3/c1-9(5-10(8-14)6-13(16)17)18-12-4-2-3-11(15)7-12/h2-4,7,9-10H,5-6,8,14H2,1H3,(H,16,17)/t9-,10-/m0/s1. The van der Waals surface area contributed by atoms with Crippen molar-refractivity contribution in [1.82, 2.24) is 0 Å². The van der Waals surface area contributed by atoms with E-state index in [9.17, 15) is 4.79 Å². The number of aliphatic carboxylic acids is 1. The zero-order valence-electron chi connectivity index (χ0n) is 10.3. The van der Waals surface area contributed by atoms with Gasteiger partial charge in [0.1, 0.15) is 0 Å². The molecular formula is C13H18AsClO3. The van der Waals surface area contributed by atoms with Gasteiger partial charge in [0, 0.05) is 0 Å². The van der Waals surface area contributed by atoms with Crippen LogP contribution in [-0.4, -0.2) is 34.0 Å². The summed E-state index contributed by atoms with van der Waals surface area (Å²) in [6.07, 6.45) is 0.946. The third-order valence-corrected chi connectivity index (χ3v) is 4.23. The molecule has 3 atom stereocenters. The molecule has 0 spiro atoms. The second-order valence-corrected chi connectivity index (χ2v) is 5.75. The summed E-state index contributed by atoms with van der Waals surface area (Å²) < 4.78 is 5.74. The average molecular weight is 333 g/mol. The number of hydrogen-bond donors (Lipinski definition) is 1. The third-order valence-electron chi connectivity index (χ3n) is 2.60. The van der Waals surface area contributed by atoms with Crippen LogP contribution in [0.1, 0.15) is 19.8 Å². The zero-order chi connectivity index (χ0) is 13.5. The number of rotatable bonds is 7. The first-order valence-electron chi connectivity index (χ1n) is 5.85. The van der Waals surface area contributed by atoms with E-state index in [1.54, 1.807) is 29.0 Å². The van der Waals surface area contributed by atoms with Crippen LogP contribution in [0.2, 0.25) is 10.2 Å².